The van der Waals surface area contributed by atoms with E-state index in [0.717, 1.165) is 28.3 Å². The largest absolute Gasteiger partial charge is 0.484 e. The van der Waals surface area contributed by atoms with E-state index in [4.69, 9.17) is 0 Å². The summed E-state index contributed by atoms with van der Waals surface area (Å²) in [5.74, 6) is 0.198. The molecular formula is C20H20F3N3O2S. The molecular weight excluding hydrogens is 403 g/mol. The number of ether oxygens (including phenoxy) is 1. The van der Waals surface area contributed by atoms with Crippen LogP contribution in [0.1, 0.15) is 12.5 Å². The fraction of sp³-hybridized carbons (Fsp3) is 0.300. The second-order valence-electron chi connectivity index (χ2n) is 6.24. The number of thioether (sulfide) groups is 1. The Morgan fingerprint density at radius 3 is 2.59 bits per heavy atom. The normalized spacial score (nSPS) is 11.6. The van der Waals surface area contributed by atoms with Crippen molar-refractivity contribution in [2.24, 2.45) is 0 Å². The van der Waals surface area contributed by atoms with E-state index in [1.54, 1.807) is 12.1 Å². The molecule has 0 fully saturated rings. The summed E-state index contributed by atoms with van der Waals surface area (Å²) in [7, 11) is 0. The molecule has 0 unspecified atom stereocenters. The number of nitrogens with one attached hydrogen (secondary N) is 1. The Hall–Kier alpha value is -2.68. The van der Waals surface area contributed by atoms with Crippen LogP contribution in [0.15, 0.2) is 53.7 Å². The third-order valence-corrected chi connectivity index (χ3v) is 5.06. The highest BCUT2D eigenvalue weighted by Crippen LogP contribution is 2.24. The van der Waals surface area contributed by atoms with E-state index >= 15 is 0 Å². The molecule has 0 saturated heterocycles. The Morgan fingerprint density at radius 1 is 1.17 bits per heavy atom. The Balaban J connectivity index is 1.49. The maximum Gasteiger partial charge on any atom is 0.422 e. The zero-order valence-corrected chi connectivity index (χ0v) is 16.5. The van der Waals surface area contributed by atoms with Crippen molar-refractivity contribution in [3.63, 3.8) is 0 Å². The van der Waals surface area contributed by atoms with Crippen LogP contribution in [0.2, 0.25) is 0 Å². The average molecular weight is 423 g/mol. The van der Waals surface area contributed by atoms with E-state index in [1.165, 1.54) is 23.9 Å². The molecule has 3 rings (SSSR count). The monoisotopic (exact) mass is 423 g/mol. The van der Waals surface area contributed by atoms with Gasteiger partial charge in [-0.3, -0.25) is 4.79 Å². The van der Waals surface area contributed by atoms with Gasteiger partial charge in [0.2, 0.25) is 5.91 Å². The van der Waals surface area contributed by atoms with E-state index in [2.05, 4.69) is 19.6 Å². The molecule has 154 valence electrons. The van der Waals surface area contributed by atoms with Crippen LogP contribution < -0.4 is 10.1 Å². The number of benzene rings is 2. The molecule has 0 aliphatic rings. The molecule has 5 nitrogen and oxygen atoms in total. The van der Waals surface area contributed by atoms with Crippen LogP contribution in [0.5, 0.6) is 5.75 Å². The van der Waals surface area contributed by atoms with E-state index < -0.39 is 12.8 Å². The summed E-state index contributed by atoms with van der Waals surface area (Å²) in [6.07, 6.45) is -4.37. The van der Waals surface area contributed by atoms with Gasteiger partial charge in [0.15, 0.2) is 11.8 Å². The molecule has 9 heteroatoms. The minimum Gasteiger partial charge on any atom is -0.484 e. The van der Waals surface area contributed by atoms with Gasteiger partial charge < -0.3 is 14.6 Å². The number of nitrogens with zero attached hydrogens (tertiary/aromatic N) is 2. The second-order valence-corrected chi connectivity index (χ2v) is 7.18. The first-order chi connectivity index (χ1) is 13.9. The Kier molecular flexibility index (Phi) is 6.68. The fourth-order valence-corrected chi connectivity index (χ4v) is 3.63. The minimum absolute atomic E-state index is 0.131. The van der Waals surface area contributed by atoms with Crippen LogP contribution in [0.4, 0.5) is 13.2 Å². The van der Waals surface area contributed by atoms with Crippen molar-refractivity contribution in [3.05, 3.63) is 54.1 Å². The van der Waals surface area contributed by atoms with Crippen LogP contribution >= 0.6 is 11.8 Å². The molecule has 29 heavy (non-hydrogen) atoms. The SMILES string of the molecule is CCn1c(SCC(=O)NCc2ccc(OCC(F)(F)F)cc2)nc2ccccc21. The number of rotatable bonds is 8. The first-order valence-corrected chi connectivity index (χ1v) is 9.97. The van der Waals surface area contributed by atoms with Gasteiger partial charge in [0.1, 0.15) is 5.75 Å². The van der Waals surface area contributed by atoms with Crippen molar-refractivity contribution in [1.29, 1.82) is 0 Å². The molecule has 0 atom stereocenters. The van der Waals surface area contributed by atoms with E-state index in [9.17, 15) is 18.0 Å². The lowest BCUT2D eigenvalue weighted by Gasteiger charge is -2.10. The first kappa shape index (κ1) is 21.0. The van der Waals surface area contributed by atoms with Gasteiger partial charge in [-0.15, -0.1) is 0 Å². The highest BCUT2D eigenvalue weighted by atomic mass is 32.2. The number of hydrogen-bond acceptors (Lipinski definition) is 4. The molecule has 0 aliphatic heterocycles. The lowest BCUT2D eigenvalue weighted by molar-refractivity contribution is -0.153. The number of aryl methyl sites for hydroxylation is 1. The molecule has 1 heterocycles. The van der Waals surface area contributed by atoms with Crippen molar-refractivity contribution >= 4 is 28.7 Å². The number of alkyl halides is 3. The fourth-order valence-electron chi connectivity index (χ4n) is 2.72. The number of imidazole rings is 1. The van der Waals surface area contributed by atoms with Gasteiger partial charge in [-0.05, 0) is 36.8 Å². The number of carbonyl (C=O) groups is 1. The molecule has 0 radical (unpaired) electrons. The number of fused-ring (bicyclic) bond motifs is 1. The number of para-hydroxylation sites is 2. The molecule has 1 aromatic heterocycles. The summed E-state index contributed by atoms with van der Waals surface area (Å²) in [6.45, 7) is 1.74. The summed E-state index contributed by atoms with van der Waals surface area (Å²) in [6, 6.07) is 14.0. The van der Waals surface area contributed by atoms with E-state index in [1.807, 2.05) is 31.2 Å². The molecule has 0 saturated carbocycles. The van der Waals surface area contributed by atoms with Crippen LogP contribution in [-0.4, -0.2) is 34.0 Å². The highest BCUT2D eigenvalue weighted by molar-refractivity contribution is 7.99. The number of amides is 1. The smallest absolute Gasteiger partial charge is 0.422 e. The lowest BCUT2D eigenvalue weighted by Crippen LogP contribution is -2.24. The van der Waals surface area contributed by atoms with Crippen molar-refractivity contribution in [3.8, 4) is 5.75 Å². The van der Waals surface area contributed by atoms with E-state index in [-0.39, 0.29) is 24.0 Å². The maximum absolute atomic E-state index is 12.2. The molecule has 2 aromatic carbocycles. The Morgan fingerprint density at radius 2 is 1.90 bits per heavy atom. The highest BCUT2D eigenvalue weighted by Gasteiger charge is 2.28. The van der Waals surface area contributed by atoms with Gasteiger partial charge in [0.05, 0.1) is 16.8 Å². The third-order valence-electron chi connectivity index (χ3n) is 4.08. The molecule has 3 aromatic rings. The summed E-state index contributed by atoms with van der Waals surface area (Å²) >= 11 is 1.37. The van der Waals surface area contributed by atoms with Gasteiger partial charge in [0, 0.05) is 13.1 Å². The van der Waals surface area contributed by atoms with Gasteiger partial charge in [-0.25, -0.2) is 4.98 Å². The molecule has 0 aliphatic carbocycles. The summed E-state index contributed by atoms with van der Waals surface area (Å²) in [4.78, 5) is 16.7. The zero-order chi connectivity index (χ0) is 20.9. The van der Waals surface area contributed by atoms with Crippen LogP contribution in [0, 0.1) is 0 Å². The predicted octanol–water partition coefficient (Wildman–Crippen LogP) is 4.41. The molecule has 1 amide bonds. The van der Waals surface area contributed by atoms with Crippen LogP contribution in [0.25, 0.3) is 11.0 Å². The topological polar surface area (TPSA) is 56.2 Å². The lowest BCUT2D eigenvalue weighted by atomic mass is 10.2. The predicted molar refractivity (Wildman–Crippen MR) is 106 cm³/mol. The van der Waals surface area contributed by atoms with E-state index in [0.29, 0.717) is 0 Å². The summed E-state index contributed by atoms with van der Waals surface area (Å²) in [5.41, 5.74) is 2.69. The van der Waals surface area contributed by atoms with Crippen molar-refractivity contribution in [2.45, 2.75) is 31.3 Å². The van der Waals surface area contributed by atoms with Crippen molar-refractivity contribution < 1.29 is 22.7 Å². The summed E-state index contributed by atoms with van der Waals surface area (Å²) in [5, 5.41) is 3.59. The Labute approximate surface area is 170 Å². The standard InChI is InChI=1S/C20H20F3N3O2S/c1-2-26-17-6-4-3-5-16(17)25-19(26)29-12-18(27)24-11-14-7-9-15(10-8-14)28-13-20(21,22)23/h3-10H,2,11-13H2,1H3,(H,24,27). The quantitative estimate of drug-likeness (QED) is 0.546. The second kappa shape index (κ2) is 9.21. The number of hydrogen-bond donors (Lipinski definition) is 1. The van der Waals surface area contributed by atoms with Crippen molar-refractivity contribution in [1.82, 2.24) is 14.9 Å². The molecule has 0 spiro atoms. The molecule has 1 N–H and O–H groups in total. The average Bonchev–Trinajstić information content (AvgIpc) is 3.07. The van der Waals surface area contributed by atoms with Crippen molar-refractivity contribution in [2.75, 3.05) is 12.4 Å². The zero-order valence-electron chi connectivity index (χ0n) is 15.7. The third kappa shape index (κ3) is 5.90. The Bertz CT molecular complexity index is 971. The van der Waals surface area contributed by atoms with Gasteiger partial charge >= 0.3 is 6.18 Å². The maximum atomic E-state index is 12.2. The number of halogens is 3. The minimum atomic E-state index is -4.37. The number of carbonyl (C=O) groups excluding carboxylic acids is 1. The van der Waals surface area contributed by atoms with Crippen LogP contribution in [-0.2, 0) is 17.9 Å². The number of aromatic nitrogens is 2. The van der Waals surface area contributed by atoms with Gasteiger partial charge in [-0.1, -0.05) is 36.0 Å². The summed E-state index contributed by atoms with van der Waals surface area (Å²) < 4.78 is 43.2. The first-order valence-electron chi connectivity index (χ1n) is 8.99. The van der Waals surface area contributed by atoms with Gasteiger partial charge in [-0.2, -0.15) is 13.2 Å². The molecule has 0 bridgehead atoms. The van der Waals surface area contributed by atoms with Gasteiger partial charge in [0.25, 0.3) is 0 Å². The van der Waals surface area contributed by atoms with Crippen LogP contribution in [0.3, 0.4) is 0 Å².